The molecule has 0 aliphatic carbocycles. The molecule has 0 atom stereocenters. The van der Waals surface area contributed by atoms with Crippen LogP contribution in [0.4, 0.5) is 0 Å². The van der Waals surface area contributed by atoms with Crippen LogP contribution in [0.25, 0.3) is 11.6 Å². The first kappa shape index (κ1) is 14.0. The highest BCUT2D eigenvalue weighted by Gasteiger charge is 2.07. The van der Waals surface area contributed by atoms with Crippen LogP contribution < -0.4 is 0 Å². The molecule has 0 aliphatic heterocycles. The average Bonchev–Trinajstić information content (AvgIpc) is 3.08. The second kappa shape index (κ2) is 7.93. The fourth-order valence-electron chi connectivity index (χ4n) is 1.63. The maximum atomic E-state index is 5.49. The zero-order chi connectivity index (χ0) is 13.3. The standard InChI is InChI=1S/C12H17ClN4O2/c13-1-7-18-9-10-19-8-6-17-5-4-16-12(17)11-14-2-3-15-11/h2-5H,1,6-10H2,(H,14,15). The van der Waals surface area contributed by atoms with Crippen molar-refractivity contribution >= 4 is 11.6 Å². The molecule has 0 unspecified atom stereocenters. The topological polar surface area (TPSA) is 65.0 Å². The summed E-state index contributed by atoms with van der Waals surface area (Å²) in [6.07, 6.45) is 7.14. The van der Waals surface area contributed by atoms with E-state index in [1.54, 1.807) is 18.6 Å². The molecule has 0 aromatic carbocycles. The summed E-state index contributed by atoms with van der Waals surface area (Å²) in [4.78, 5) is 11.5. The quantitative estimate of drug-likeness (QED) is 0.560. The lowest BCUT2D eigenvalue weighted by molar-refractivity contribution is 0.0505. The van der Waals surface area contributed by atoms with Crippen molar-refractivity contribution in [3.05, 3.63) is 24.8 Å². The Labute approximate surface area is 116 Å². The van der Waals surface area contributed by atoms with Gasteiger partial charge in [-0.3, -0.25) is 0 Å². The maximum Gasteiger partial charge on any atom is 0.176 e. The van der Waals surface area contributed by atoms with Gasteiger partial charge in [-0.25, -0.2) is 9.97 Å². The molecule has 0 amide bonds. The molecule has 2 heterocycles. The van der Waals surface area contributed by atoms with Gasteiger partial charge in [0, 0.05) is 37.2 Å². The predicted molar refractivity (Wildman–Crippen MR) is 72.2 cm³/mol. The van der Waals surface area contributed by atoms with Gasteiger partial charge in [0.15, 0.2) is 11.6 Å². The molecule has 0 radical (unpaired) electrons. The third-order valence-electron chi connectivity index (χ3n) is 2.50. The largest absolute Gasteiger partial charge is 0.378 e. The van der Waals surface area contributed by atoms with Crippen molar-refractivity contribution < 1.29 is 9.47 Å². The number of alkyl halides is 1. The highest BCUT2D eigenvalue weighted by atomic mass is 35.5. The summed E-state index contributed by atoms with van der Waals surface area (Å²) in [5.41, 5.74) is 0. The van der Waals surface area contributed by atoms with Crippen molar-refractivity contribution in [1.82, 2.24) is 19.5 Å². The maximum absolute atomic E-state index is 5.49. The van der Waals surface area contributed by atoms with E-state index in [0.717, 1.165) is 18.2 Å². The molecule has 2 aromatic heterocycles. The summed E-state index contributed by atoms with van der Waals surface area (Å²) in [6, 6.07) is 0. The minimum absolute atomic E-state index is 0.515. The van der Waals surface area contributed by atoms with Crippen molar-refractivity contribution in [3.8, 4) is 11.6 Å². The van der Waals surface area contributed by atoms with Gasteiger partial charge in [0.05, 0.1) is 26.4 Å². The number of aromatic amines is 1. The Balaban J connectivity index is 1.71. The van der Waals surface area contributed by atoms with Crippen LogP contribution >= 0.6 is 11.6 Å². The van der Waals surface area contributed by atoms with Gasteiger partial charge in [0.2, 0.25) is 0 Å². The van der Waals surface area contributed by atoms with Crippen LogP contribution in [0.1, 0.15) is 0 Å². The van der Waals surface area contributed by atoms with Crippen LogP contribution in [0.3, 0.4) is 0 Å². The highest BCUT2D eigenvalue weighted by Crippen LogP contribution is 2.11. The van der Waals surface area contributed by atoms with Crippen LogP contribution in [0, 0.1) is 0 Å². The van der Waals surface area contributed by atoms with Crippen LogP contribution in [0.15, 0.2) is 24.8 Å². The first-order chi connectivity index (χ1) is 9.42. The Morgan fingerprint density at radius 3 is 2.68 bits per heavy atom. The Morgan fingerprint density at radius 2 is 1.95 bits per heavy atom. The van der Waals surface area contributed by atoms with Crippen molar-refractivity contribution in [1.29, 1.82) is 0 Å². The molecule has 2 rings (SSSR count). The molecular formula is C12H17ClN4O2. The number of aromatic nitrogens is 4. The summed E-state index contributed by atoms with van der Waals surface area (Å²) >= 11 is 5.49. The molecular weight excluding hydrogens is 268 g/mol. The van der Waals surface area contributed by atoms with Gasteiger partial charge >= 0.3 is 0 Å². The summed E-state index contributed by atoms with van der Waals surface area (Å²) in [5.74, 6) is 2.09. The van der Waals surface area contributed by atoms with E-state index in [2.05, 4.69) is 15.0 Å². The van der Waals surface area contributed by atoms with Crippen molar-refractivity contribution in [3.63, 3.8) is 0 Å². The smallest absolute Gasteiger partial charge is 0.176 e. The highest BCUT2D eigenvalue weighted by molar-refractivity contribution is 6.17. The van der Waals surface area contributed by atoms with Gasteiger partial charge < -0.3 is 19.0 Å². The fraction of sp³-hybridized carbons (Fsp3) is 0.500. The van der Waals surface area contributed by atoms with E-state index < -0.39 is 0 Å². The van der Waals surface area contributed by atoms with Crippen LogP contribution in [0.2, 0.25) is 0 Å². The van der Waals surface area contributed by atoms with E-state index in [-0.39, 0.29) is 0 Å². The number of hydrogen-bond acceptors (Lipinski definition) is 4. The summed E-state index contributed by atoms with van der Waals surface area (Å²) in [7, 11) is 0. The minimum Gasteiger partial charge on any atom is -0.378 e. The van der Waals surface area contributed by atoms with Gasteiger partial charge in [-0.2, -0.15) is 0 Å². The second-order valence-electron chi connectivity index (χ2n) is 3.80. The zero-order valence-electron chi connectivity index (χ0n) is 10.6. The SMILES string of the molecule is ClCCOCCOCCn1ccnc1-c1ncc[nH]1. The monoisotopic (exact) mass is 284 g/mol. The number of rotatable bonds is 9. The summed E-state index contributed by atoms with van der Waals surface area (Å²) < 4.78 is 12.7. The van der Waals surface area contributed by atoms with Gasteiger partial charge in [0.25, 0.3) is 0 Å². The molecule has 7 heteroatoms. The molecule has 0 bridgehead atoms. The molecule has 1 N–H and O–H groups in total. The lowest BCUT2D eigenvalue weighted by Gasteiger charge is -2.07. The van der Waals surface area contributed by atoms with Crippen molar-refractivity contribution in [2.75, 3.05) is 32.3 Å². The number of H-pyrrole nitrogens is 1. The molecule has 0 saturated heterocycles. The summed E-state index contributed by atoms with van der Waals surface area (Å²) in [6.45, 7) is 3.04. The first-order valence-corrected chi connectivity index (χ1v) is 6.67. The summed E-state index contributed by atoms with van der Waals surface area (Å²) in [5, 5.41) is 0. The Morgan fingerprint density at radius 1 is 1.11 bits per heavy atom. The van der Waals surface area contributed by atoms with E-state index in [4.69, 9.17) is 21.1 Å². The number of imidazole rings is 2. The van der Waals surface area contributed by atoms with E-state index in [1.165, 1.54) is 0 Å². The molecule has 0 fully saturated rings. The number of halogens is 1. The molecule has 19 heavy (non-hydrogen) atoms. The van der Waals surface area contributed by atoms with Crippen LogP contribution in [-0.4, -0.2) is 51.8 Å². The van der Waals surface area contributed by atoms with Gasteiger partial charge in [-0.15, -0.1) is 11.6 Å². The third-order valence-corrected chi connectivity index (χ3v) is 2.65. The fourth-order valence-corrected chi connectivity index (χ4v) is 1.74. The normalized spacial score (nSPS) is 11.0. The number of nitrogens with zero attached hydrogens (tertiary/aromatic N) is 3. The zero-order valence-corrected chi connectivity index (χ0v) is 11.3. The van der Waals surface area contributed by atoms with Crippen LogP contribution in [0.5, 0.6) is 0 Å². The van der Waals surface area contributed by atoms with Crippen molar-refractivity contribution in [2.24, 2.45) is 0 Å². The predicted octanol–water partition coefficient (Wildman–Crippen LogP) is 1.55. The van der Waals surface area contributed by atoms with E-state index >= 15 is 0 Å². The molecule has 0 spiro atoms. The van der Waals surface area contributed by atoms with Crippen LogP contribution in [-0.2, 0) is 16.0 Å². The number of nitrogens with one attached hydrogen (secondary N) is 1. The van der Waals surface area contributed by atoms with E-state index in [0.29, 0.717) is 32.3 Å². The molecule has 0 saturated carbocycles. The lowest BCUT2D eigenvalue weighted by atomic mass is 10.5. The van der Waals surface area contributed by atoms with Gasteiger partial charge in [-0.1, -0.05) is 0 Å². The number of hydrogen-bond donors (Lipinski definition) is 1. The number of ether oxygens (including phenoxy) is 2. The van der Waals surface area contributed by atoms with E-state index in [1.807, 2.05) is 10.8 Å². The van der Waals surface area contributed by atoms with Gasteiger partial charge in [-0.05, 0) is 0 Å². The average molecular weight is 285 g/mol. The second-order valence-corrected chi connectivity index (χ2v) is 4.17. The Kier molecular flexibility index (Phi) is 5.87. The van der Waals surface area contributed by atoms with E-state index in [9.17, 15) is 0 Å². The minimum atomic E-state index is 0.515. The molecule has 2 aromatic rings. The van der Waals surface area contributed by atoms with Gasteiger partial charge in [0.1, 0.15) is 0 Å². The third kappa shape index (κ3) is 4.34. The molecule has 6 nitrogen and oxygen atoms in total. The lowest BCUT2D eigenvalue weighted by Crippen LogP contribution is -2.11. The first-order valence-electron chi connectivity index (χ1n) is 6.14. The molecule has 104 valence electrons. The Bertz CT molecular complexity index is 458. The Hall–Kier alpha value is -1.37. The molecule has 0 aliphatic rings. The van der Waals surface area contributed by atoms with Crippen molar-refractivity contribution in [2.45, 2.75) is 6.54 Å².